The first-order valence-corrected chi connectivity index (χ1v) is 7.18. The van der Waals surface area contributed by atoms with Crippen molar-refractivity contribution in [2.45, 2.75) is 57.7 Å². The third kappa shape index (κ3) is 5.65. The largest absolute Gasteiger partial charge is 0.463 e. The highest BCUT2D eigenvalue weighted by atomic mass is 16.6. The Bertz CT molecular complexity index is 460. The summed E-state index contributed by atoms with van der Waals surface area (Å²) in [6.07, 6.45) is -3.20. The second-order valence-corrected chi connectivity index (χ2v) is 5.18. The minimum absolute atomic E-state index is 0.214. The van der Waals surface area contributed by atoms with E-state index in [1.54, 1.807) is 6.08 Å². The minimum Gasteiger partial charge on any atom is -0.463 e. The lowest BCUT2D eigenvalue weighted by Gasteiger charge is -2.43. The van der Waals surface area contributed by atoms with Crippen LogP contribution in [0.2, 0.25) is 0 Å². The van der Waals surface area contributed by atoms with Crippen molar-refractivity contribution in [1.82, 2.24) is 0 Å². The summed E-state index contributed by atoms with van der Waals surface area (Å²) in [4.78, 5) is 33.5. The molecule has 0 saturated carbocycles. The van der Waals surface area contributed by atoms with Crippen molar-refractivity contribution in [1.29, 1.82) is 0 Å². The fourth-order valence-electron chi connectivity index (χ4n) is 2.35. The number of hydrogen-bond acceptors (Lipinski definition) is 8. The monoisotopic (exact) mass is 330 g/mol. The first kappa shape index (κ1) is 19.1. The molecule has 5 unspecified atom stereocenters. The van der Waals surface area contributed by atoms with Crippen LogP contribution in [0.4, 0.5) is 0 Å². The molecule has 0 spiro atoms. The molecule has 5 atom stereocenters. The number of esters is 3. The van der Waals surface area contributed by atoms with Crippen LogP contribution in [0.5, 0.6) is 0 Å². The summed E-state index contributed by atoms with van der Waals surface area (Å²) in [6, 6.07) is 0. The Morgan fingerprint density at radius 1 is 1.04 bits per heavy atom. The maximum Gasteiger partial charge on any atom is 0.303 e. The lowest BCUT2D eigenvalue weighted by atomic mass is 9.93. The van der Waals surface area contributed by atoms with Crippen molar-refractivity contribution in [3.63, 3.8) is 0 Å². The van der Waals surface area contributed by atoms with Crippen LogP contribution in [0.25, 0.3) is 0 Å². The van der Waals surface area contributed by atoms with Gasteiger partial charge >= 0.3 is 17.9 Å². The zero-order valence-corrected chi connectivity index (χ0v) is 13.4. The van der Waals surface area contributed by atoms with E-state index in [0.29, 0.717) is 6.42 Å². The molecule has 0 aromatic rings. The molecule has 1 N–H and O–H groups in total. The molecule has 0 bridgehead atoms. The van der Waals surface area contributed by atoms with Crippen LogP contribution >= 0.6 is 0 Å². The van der Waals surface area contributed by atoms with Crippen LogP contribution in [0.3, 0.4) is 0 Å². The van der Waals surface area contributed by atoms with E-state index in [1.807, 2.05) is 0 Å². The van der Waals surface area contributed by atoms with Gasteiger partial charge in [0.25, 0.3) is 0 Å². The molecule has 0 aromatic heterocycles. The predicted molar refractivity (Wildman–Crippen MR) is 77.2 cm³/mol. The molecule has 130 valence electrons. The zero-order chi connectivity index (χ0) is 17.6. The van der Waals surface area contributed by atoms with Gasteiger partial charge in [-0.3, -0.25) is 14.4 Å². The predicted octanol–water partition coefficient (Wildman–Crippen LogP) is 0.117. The highest BCUT2D eigenvalue weighted by Gasteiger charge is 2.49. The van der Waals surface area contributed by atoms with E-state index in [4.69, 9.17) is 18.9 Å². The lowest BCUT2D eigenvalue weighted by molar-refractivity contribution is -0.246. The van der Waals surface area contributed by atoms with Crippen molar-refractivity contribution < 1.29 is 38.4 Å². The Labute approximate surface area is 134 Å². The van der Waals surface area contributed by atoms with Gasteiger partial charge < -0.3 is 24.1 Å². The summed E-state index contributed by atoms with van der Waals surface area (Å²) < 4.78 is 20.8. The summed E-state index contributed by atoms with van der Waals surface area (Å²) in [5.41, 5.74) is 0. The third-order valence-electron chi connectivity index (χ3n) is 3.21. The number of aliphatic hydroxyl groups is 1. The SMILES string of the molecule is C=CCC1OC(COC(C)=O)C(O)C(OC(C)=O)C1OC(C)=O. The molecule has 1 saturated heterocycles. The van der Waals surface area contributed by atoms with Crippen molar-refractivity contribution in [3.05, 3.63) is 12.7 Å². The number of hydrogen-bond donors (Lipinski definition) is 1. The Morgan fingerprint density at radius 3 is 2.09 bits per heavy atom. The summed E-state index contributed by atoms with van der Waals surface area (Å²) >= 11 is 0. The van der Waals surface area contributed by atoms with Crippen molar-refractivity contribution in [3.8, 4) is 0 Å². The number of carbonyl (C=O) groups is 3. The number of carbonyl (C=O) groups excluding carboxylic acids is 3. The molecule has 0 aliphatic carbocycles. The van der Waals surface area contributed by atoms with Crippen molar-refractivity contribution in [2.24, 2.45) is 0 Å². The molecular formula is C15H22O8. The number of rotatable bonds is 6. The molecular weight excluding hydrogens is 308 g/mol. The topological polar surface area (TPSA) is 108 Å². The Kier molecular flexibility index (Phi) is 7.18. The summed E-state index contributed by atoms with van der Waals surface area (Å²) in [5, 5.41) is 10.3. The molecule has 1 fully saturated rings. The minimum atomic E-state index is -1.32. The van der Waals surface area contributed by atoms with Gasteiger partial charge in [-0.15, -0.1) is 6.58 Å². The smallest absolute Gasteiger partial charge is 0.303 e. The van der Waals surface area contributed by atoms with Gasteiger partial charge in [0.1, 0.15) is 24.9 Å². The first-order valence-electron chi connectivity index (χ1n) is 7.18. The van der Waals surface area contributed by atoms with E-state index in [2.05, 4.69) is 6.58 Å². The van der Waals surface area contributed by atoms with E-state index in [-0.39, 0.29) is 6.61 Å². The van der Waals surface area contributed by atoms with Gasteiger partial charge in [0.05, 0.1) is 0 Å². The first-order chi connectivity index (χ1) is 10.8. The standard InChI is InChI=1S/C15H22O8/c1-5-6-11-14(21-9(3)17)15(22-10(4)18)13(19)12(23-11)7-20-8(2)16/h5,11-15,19H,1,6-7H2,2-4H3. The second kappa shape index (κ2) is 8.64. The third-order valence-corrected chi connectivity index (χ3v) is 3.21. The fourth-order valence-corrected chi connectivity index (χ4v) is 2.35. The molecule has 0 amide bonds. The van der Waals surface area contributed by atoms with E-state index in [0.717, 1.165) is 0 Å². The number of ether oxygens (including phenoxy) is 4. The van der Waals surface area contributed by atoms with Gasteiger partial charge in [-0.05, 0) is 6.42 Å². The normalized spacial score (nSPS) is 30.2. The summed E-state index contributed by atoms with van der Waals surface area (Å²) in [5.74, 6) is -1.78. The quantitative estimate of drug-likeness (QED) is 0.415. The van der Waals surface area contributed by atoms with Crippen LogP contribution in [0.1, 0.15) is 27.2 Å². The van der Waals surface area contributed by atoms with Gasteiger partial charge in [-0.1, -0.05) is 6.08 Å². The maximum atomic E-state index is 11.3. The Balaban J connectivity index is 3.01. The second-order valence-electron chi connectivity index (χ2n) is 5.18. The van der Waals surface area contributed by atoms with Crippen LogP contribution in [0.15, 0.2) is 12.7 Å². The van der Waals surface area contributed by atoms with E-state index in [9.17, 15) is 19.5 Å². The van der Waals surface area contributed by atoms with E-state index in [1.165, 1.54) is 20.8 Å². The molecule has 0 aromatic carbocycles. The van der Waals surface area contributed by atoms with E-state index >= 15 is 0 Å². The average molecular weight is 330 g/mol. The Morgan fingerprint density at radius 2 is 1.61 bits per heavy atom. The highest BCUT2D eigenvalue weighted by molar-refractivity contribution is 5.67. The zero-order valence-electron chi connectivity index (χ0n) is 13.4. The summed E-state index contributed by atoms with van der Waals surface area (Å²) in [7, 11) is 0. The molecule has 0 radical (unpaired) electrons. The van der Waals surface area contributed by atoms with Crippen LogP contribution in [-0.2, 0) is 33.3 Å². The van der Waals surface area contributed by atoms with Gasteiger partial charge in [0.15, 0.2) is 12.2 Å². The number of aliphatic hydroxyl groups excluding tert-OH is 1. The average Bonchev–Trinajstić information content (AvgIpc) is 2.43. The maximum absolute atomic E-state index is 11.3. The van der Waals surface area contributed by atoms with Crippen LogP contribution < -0.4 is 0 Å². The van der Waals surface area contributed by atoms with Crippen molar-refractivity contribution in [2.75, 3.05) is 6.61 Å². The Hall–Kier alpha value is -1.93. The molecule has 1 heterocycles. The molecule has 8 nitrogen and oxygen atoms in total. The van der Waals surface area contributed by atoms with Crippen LogP contribution in [0, 0.1) is 0 Å². The van der Waals surface area contributed by atoms with Gasteiger partial charge in [-0.2, -0.15) is 0 Å². The van der Waals surface area contributed by atoms with E-state index < -0.39 is 48.4 Å². The lowest BCUT2D eigenvalue weighted by Crippen LogP contribution is -2.61. The van der Waals surface area contributed by atoms with Gasteiger partial charge in [-0.25, -0.2) is 0 Å². The van der Waals surface area contributed by atoms with Crippen LogP contribution in [-0.4, -0.2) is 60.1 Å². The fraction of sp³-hybridized carbons (Fsp3) is 0.667. The summed E-state index contributed by atoms with van der Waals surface area (Å²) in [6.45, 7) is 6.99. The molecule has 23 heavy (non-hydrogen) atoms. The van der Waals surface area contributed by atoms with Crippen molar-refractivity contribution >= 4 is 17.9 Å². The molecule has 1 aliphatic heterocycles. The molecule has 8 heteroatoms. The van der Waals surface area contributed by atoms with Gasteiger partial charge in [0.2, 0.25) is 0 Å². The molecule has 1 aliphatic rings. The highest BCUT2D eigenvalue weighted by Crippen LogP contribution is 2.28. The molecule has 1 rings (SSSR count). The van der Waals surface area contributed by atoms with Gasteiger partial charge in [0, 0.05) is 20.8 Å².